The lowest BCUT2D eigenvalue weighted by Gasteiger charge is -2.28. The second kappa shape index (κ2) is 6.42. The smallest absolute Gasteiger partial charge is 0.242 e. The fourth-order valence-corrected chi connectivity index (χ4v) is 5.16. The third kappa shape index (κ3) is 3.54. The maximum absolute atomic E-state index is 12.6. The van der Waals surface area contributed by atoms with Gasteiger partial charge in [0.05, 0.1) is 11.1 Å². The Labute approximate surface area is 135 Å². The number of hydrogen-bond donors (Lipinski definition) is 2. The van der Waals surface area contributed by atoms with Gasteiger partial charge in [0.2, 0.25) is 10.0 Å². The molecule has 1 saturated carbocycles. The van der Waals surface area contributed by atoms with E-state index in [9.17, 15) is 13.5 Å². The van der Waals surface area contributed by atoms with Gasteiger partial charge in [0.25, 0.3) is 0 Å². The van der Waals surface area contributed by atoms with E-state index >= 15 is 0 Å². The lowest BCUT2D eigenvalue weighted by Crippen LogP contribution is -2.45. The molecule has 0 saturated heterocycles. The van der Waals surface area contributed by atoms with E-state index in [1.54, 1.807) is 19.9 Å². The molecular weight excluding hydrogens is 333 g/mol. The minimum absolute atomic E-state index is 0.00643. The van der Waals surface area contributed by atoms with Crippen molar-refractivity contribution < 1.29 is 13.5 Å². The molecule has 0 aliphatic heterocycles. The number of aliphatic hydroxyl groups excluding tert-OH is 1. The molecule has 0 bridgehead atoms. The molecule has 0 aromatic heterocycles. The molecular formula is C14H19Cl2NO3S. The minimum atomic E-state index is -3.83. The zero-order valence-electron chi connectivity index (χ0n) is 12.0. The molecule has 1 aromatic rings. The minimum Gasteiger partial charge on any atom is -0.391 e. The van der Waals surface area contributed by atoms with Crippen LogP contribution in [0.1, 0.15) is 36.8 Å². The Kier molecular flexibility index (Phi) is 5.21. The summed E-state index contributed by atoms with van der Waals surface area (Å²) in [5.74, 6) is 0. The fourth-order valence-electron chi connectivity index (χ4n) is 2.64. The molecule has 1 aliphatic carbocycles. The number of aliphatic hydroxyl groups is 1. The average Bonchev–Trinajstić information content (AvgIpc) is 2.39. The van der Waals surface area contributed by atoms with Crippen LogP contribution in [0.2, 0.25) is 10.0 Å². The summed E-state index contributed by atoms with van der Waals surface area (Å²) >= 11 is 12.2. The summed E-state index contributed by atoms with van der Waals surface area (Å²) in [6.45, 7) is 3.33. The summed E-state index contributed by atoms with van der Waals surface area (Å²) in [4.78, 5) is 0.00643. The first-order valence-corrected chi connectivity index (χ1v) is 9.13. The van der Waals surface area contributed by atoms with E-state index < -0.39 is 22.2 Å². The van der Waals surface area contributed by atoms with Gasteiger partial charge < -0.3 is 5.11 Å². The van der Waals surface area contributed by atoms with E-state index in [4.69, 9.17) is 23.2 Å². The van der Waals surface area contributed by atoms with Crippen molar-refractivity contribution in [1.29, 1.82) is 0 Å². The summed E-state index contributed by atoms with van der Waals surface area (Å²) in [6, 6.07) is 1.17. The lowest BCUT2D eigenvalue weighted by atomic mass is 9.93. The first kappa shape index (κ1) is 17.0. The zero-order chi connectivity index (χ0) is 15.8. The zero-order valence-corrected chi connectivity index (χ0v) is 14.3. The largest absolute Gasteiger partial charge is 0.391 e. The number of halogens is 2. The van der Waals surface area contributed by atoms with Gasteiger partial charge >= 0.3 is 0 Å². The van der Waals surface area contributed by atoms with Crippen LogP contribution in [0.4, 0.5) is 0 Å². The van der Waals surface area contributed by atoms with E-state index in [2.05, 4.69) is 4.72 Å². The van der Waals surface area contributed by atoms with Gasteiger partial charge in [0.1, 0.15) is 4.90 Å². The fraction of sp³-hybridized carbons (Fsp3) is 0.571. The number of nitrogens with one attached hydrogen (secondary N) is 1. The number of rotatable bonds is 3. The lowest BCUT2D eigenvalue weighted by molar-refractivity contribution is 0.101. The first-order valence-electron chi connectivity index (χ1n) is 6.89. The highest BCUT2D eigenvalue weighted by Crippen LogP contribution is 2.34. The van der Waals surface area contributed by atoms with Crippen LogP contribution in [0, 0.1) is 13.8 Å². The third-order valence-electron chi connectivity index (χ3n) is 3.89. The van der Waals surface area contributed by atoms with E-state index in [1.807, 2.05) is 0 Å². The Morgan fingerprint density at radius 3 is 2.48 bits per heavy atom. The molecule has 2 atom stereocenters. The van der Waals surface area contributed by atoms with Crippen molar-refractivity contribution in [3.05, 3.63) is 27.2 Å². The molecule has 1 aromatic carbocycles. The van der Waals surface area contributed by atoms with Gasteiger partial charge in [-0.1, -0.05) is 36.0 Å². The Bertz CT molecular complexity index is 620. The average molecular weight is 352 g/mol. The molecule has 4 nitrogen and oxygen atoms in total. The van der Waals surface area contributed by atoms with Gasteiger partial charge in [-0.25, -0.2) is 13.1 Å². The van der Waals surface area contributed by atoms with E-state index in [-0.39, 0.29) is 9.92 Å². The summed E-state index contributed by atoms with van der Waals surface area (Å²) in [7, 11) is -3.83. The normalized spacial score (nSPS) is 23.3. The Morgan fingerprint density at radius 2 is 1.86 bits per heavy atom. The van der Waals surface area contributed by atoms with Gasteiger partial charge in [-0.05, 0) is 43.9 Å². The molecule has 0 radical (unpaired) electrons. The molecule has 0 amide bonds. The van der Waals surface area contributed by atoms with E-state index in [1.165, 1.54) is 0 Å². The van der Waals surface area contributed by atoms with Gasteiger partial charge in [-0.3, -0.25) is 0 Å². The summed E-state index contributed by atoms with van der Waals surface area (Å²) in [5.41, 5.74) is 1.03. The van der Waals surface area contributed by atoms with Crippen molar-refractivity contribution in [3.8, 4) is 0 Å². The second-order valence-electron chi connectivity index (χ2n) is 5.52. The summed E-state index contributed by atoms with van der Waals surface area (Å²) in [6.07, 6.45) is 2.37. The molecule has 0 unspecified atom stereocenters. The Morgan fingerprint density at radius 1 is 1.24 bits per heavy atom. The Hall–Kier alpha value is -0.330. The number of hydrogen-bond acceptors (Lipinski definition) is 3. The van der Waals surface area contributed by atoms with E-state index in [0.717, 1.165) is 12.8 Å². The second-order valence-corrected chi connectivity index (χ2v) is 7.96. The van der Waals surface area contributed by atoms with Crippen molar-refractivity contribution in [1.82, 2.24) is 4.72 Å². The molecule has 7 heteroatoms. The van der Waals surface area contributed by atoms with Crippen LogP contribution in [0.3, 0.4) is 0 Å². The summed E-state index contributed by atoms with van der Waals surface area (Å²) in [5, 5.41) is 10.5. The molecule has 118 valence electrons. The van der Waals surface area contributed by atoms with Crippen molar-refractivity contribution in [3.63, 3.8) is 0 Å². The van der Waals surface area contributed by atoms with Crippen LogP contribution < -0.4 is 4.72 Å². The van der Waals surface area contributed by atoms with E-state index in [0.29, 0.717) is 29.0 Å². The molecule has 1 aliphatic rings. The molecule has 2 N–H and O–H groups in total. The van der Waals surface area contributed by atoms with Crippen molar-refractivity contribution in [2.45, 2.75) is 56.6 Å². The predicted octanol–water partition coefficient (Wildman–Crippen LogP) is 3.19. The van der Waals surface area contributed by atoms with Crippen molar-refractivity contribution in [2.24, 2.45) is 0 Å². The van der Waals surface area contributed by atoms with Gasteiger partial charge in [-0.2, -0.15) is 0 Å². The third-order valence-corrected chi connectivity index (χ3v) is 6.54. The molecule has 0 spiro atoms. The number of benzene rings is 1. The van der Waals surface area contributed by atoms with Crippen LogP contribution >= 0.6 is 23.2 Å². The molecule has 0 heterocycles. The standard InChI is InChI=1S/C14H19Cl2NO3S/c1-8-7-10(15)9(2)14(13(8)16)21(19,20)17-11-5-3-4-6-12(11)18/h7,11-12,17-18H,3-6H2,1-2H3/t11-,12-/m0/s1. The van der Waals surface area contributed by atoms with Crippen LogP contribution in [0.5, 0.6) is 0 Å². The SMILES string of the molecule is Cc1cc(Cl)c(C)c(S(=O)(=O)N[C@H]2CCCC[C@@H]2O)c1Cl. The van der Waals surface area contributed by atoms with Crippen molar-refractivity contribution in [2.75, 3.05) is 0 Å². The predicted molar refractivity (Wildman–Crippen MR) is 84.5 cm³/mol. The topological polar surface area (TPSA) is 66.4 Å². The Balaban J connectivity index is 2.40. The van der Waals surface area contributed by atoms with Crippen molar-refractivity contribution >= 4 is 33.2 Å². The van der Waals surface area contributed by atoms with Crippen LogP contribution in [-0.4, -0.2) is 25.7 Å². The monoisotopic (exact) mass is 351 g/mol. The van der Waals surface area contributed by atoms with Gasteiger partial charge in [0.15, 0.2) is 0 Å². The quantitative estimate of drug-likeness (QED) is 0.878. The number of aryl methyl sites for hydroxylation is 1. The van der Waals surface area contributed by atoms with Gasteiger partial charge in [0, 0.05) is 11.1 Å². The highest BCUT2D eigenvalue weighted by Gasteiger charge is 2.31. The highest BCUT2D eigenvalue weighted by molar-refractivity contribution is 7.89. The van der Waals surface area contributed by atoms with Crippen LogP contribution in [-0.2, 0) is 10.0 Å². The summed E-state index contributed by atoms with van der Waals surface area (Å²) < 4.78 is 27.8. The maximum Gasteiger partial charge on any atom is 0.242 e. The van der Waals surface area contributed by atoms with Crippen LogP contribution in [0.25, 0.3) is 0 Å². The first-order chi connectivity index (χ1) is 9.74. The van der Waals surface area contributed by atoms with Gasteiger partial charge in [-0.15, -0.1) is 0 Å². The maximum atomic E-state index is 12.6. The molecule has 1 fully saturated rings. The molecule has 2 rings (SSSR count). The highest BCUT2D eigenvalue weighted by atomic mass is 35.5. The molecule has 21 heavy (non-hydrogen) atoms. The van der Waals surface area contributed by atoms with Crippen LogP contribution in [0.15, 0.2) is 11.0 Å². The number of sulfonamides is 1.